The van der Waals surface area contributed by atoms with Crippen molar-refractivity contribution in [2.24, 2.45) is 5.92 Å². The molecule has 2 aliphatic heterocycles. The summed E-state index contributed by atoms with van der Waals surface area (Å²) in [5.41, 5.74) is 0. The minimum atomic E-state index is -0.770. The van der Waals surface area contributed by atoms with Crippen LogP contribution >= 0.6 is 0 Å². The van der Waals surface area contributed by atoms with Crippen LogP contribution in [-0.2, 0) is 9.53 Å². The lowest BCUT2D eigenvalue weighted by Gasteiger charge is -2.44. The van der Waals surface area contributed by atoms with Gasteiger partial charge in [0.05, 0.1) is 18.8 Å². The van der Waals surface area contributed by atoms with Crippen molar-refractivity contribution in [1.82, 2.24) is 9.80 Å². The highest BCUT2D eigenvalue weighted by molar-refractivity contribution is 5.75. The molecule has 6 heteroatoms. The van der Waals surface area contributed by atoms with Crippen molar-refractivity contribution in [2.75, 3.05) is 26.2 Å². The van der Waals surface area contributed by atoms with Gasteiger partial charge in [-0.05, 0) is 25.2 Å². The Morgan fingerprint density at radius 2 is 1.95 bits per heavy atom. The molecule has 6 nitrogen and oxygen atoms in total. The van der Waals surface area contributed by atoms with Crippen molar-refractivity contribution in [3.05, 3.63) is 0 Å². The molecule has 2 saturated heterocycles. The molecule has 0 bridgehead atoms. The van der Waals surface area contributed by atoms with Crippen molar-refractivity contribution in [1.29, 1.82) is 0 Å². The fourth-order valence-corrected chi connectivity index (χ4v) is 3.94. The number of carboxylic acids is 1. The second-order valence-corrected chi connectivity index (χ2v) is 6.44. The van der Waals surface area contributed by atoms with Crippen LogP contribution in [-0.4, -0.2) is 65.3 Å². The highest BCUT2D eigenvalue weighted by Crippen LogP contribution is 2.30. The lowest BCUT2D eigenvalue weighted by Crippen LogP contribution is -2.57. The normalized spacial score (nSPS) is 32.9. The Balaban J connectivity index is 1.60. The standard InChI is InChI=1S/C15H24N2O4/c18-14(19)9-11-5-6-16(10-11)15(20)17-7-8-21-13-4-2-1-3-12(13)17/h11-13H,1-10H2,(H,18,19). The van der Waals surface area contributed by atoms with Crippen LogP contribution in [0, 0.1) is 5.92 Å². The van der Waals surface area contributed by atoms with E-state index in [1.165, 1.54) is 6.42 Å². The Hall–Kier alpha value is -1.30. The first kappa shape index (κ1) is 14.6. The number of carboxylic acid groups (broad SMARTS) is 1. The number of urea groups is 1. The molecule has 1 N–H and O–H groups in total. The fourth-order valence-electron chi connectivity index (χ4n) is 3.94. The first-order valence-electron chi connectivity index (χ1n) is 8.04. The number of amides is 2. The number of ether oxygens (including phenoxy) is 1. The Bertz CT molecular complexity index is 412. The number of rotatable bonds is 2. The molecule has 0 spiro atoms. The zero-order valence-electron chi connectivity index (χ0n) is 12.4. The molecular formula is C15H24N2O4. The van der Waals surface area contributed by atoms with Crippen molar-refractivity contribution in [3.63, 3.8) is 0 Å². The lowest BCUT2D eigenvalue weighted by molar-refractivity contribution is -0.138. The summed E-state index contributed by atoms with van der Waals surface area (Å²) in [4.78, 5) is 27.3. The van der Waals surface area contributed by atoms with Crippen LogP contribution in [0.3, 0.4) is 0 Å². The maximum atomic E-state index is 12.7. The van der Waals surface area contributed by atoms with E-state index in [1.807, 2.05) is 9.80 Å². The van der Waals surface area contributed by atoms with Gasteiger partial charge in [-0.15, -0.1) is 0 Å². The van der Waals surface area contributed by atoms with Gasteiger partial charge >= 0.3 is 12.0 Å². The van der Waals surface area contributed by atoms with Crippen LogP contribution in [0.25, 0.3) is 0 Å². The molecule has 118 valence electrons. The second-order valence-electron chi connectivity index (χ2n) is 6.44. The summed E-state index contributed by atoms with van der Waals surface area (Å²) >= 11 is 0. The van der Waals surface area contributed by atoms with E-state index in [9.17, 15) is 9.59 Å². The highest BCUT2D eigenvalue weighted by atomic mass is 16.5. The van der Waals surface area contributed by atoms with Crippen LogP contribution < -0.4 is 0 Å². The third-order valence-corrected chi connectivity index (χ3v) is 5.00. The van der Waals surface area contributed by atoms with Gasteiger partial charge in [-0.3, -0.25) is 4.79 Å². The minimum absolute atomic E-state index is 0.0862. The van der Waals surface area contributed by atoms with Crippen molar-refractivity contribution in [2.45, 2.75) is 50.7 Å². The molecule has 2 heterocycles. The average molecular weight is 296 g/mol. The van der Waals surface area contributed by atoms with Crippen molar-refractivity contribution in [3.8, 4) is 0 Å². The second kappa shape index (κ2) is 6.22. The van der Waals surface area contributed by atoms with Crippen molar-refractivity contribution >= 4 is 12.0 Å². The summed E-state index contributed by atoms with van der Waals surface area (Å²) < 4.78 is 5.81. The van der Waals surface area contributed by atoms with Crippen LogP contribution in [0.4, 0.5) is 4.79 Å². The number of morpholine rings is 1. The highest BCUT2D eigenvalue weighted by Gasteiger charge is 2.39. The number of carbonyl (C=O) groups is 2. The molecule has 3 atom stereocenters. The van der Waals surface area contributed by atoms with Gasteiger partial charge in [-0.25, -0.2) is 4.79 Å². The van der Waals surface area contributed by atoms with E-state index in [1.54, 1.807) is 0 Å². The van der Waals surface area contributed by atoms with Gasteiger partial charge in [0.1, 0.15) is 0 Å². The lowest BCUT2D eigenvalue weighted by atomic mass is 9.90. The largest absolute Gasteiger partial charge is 0.481 e. The first-order chi connectivity index (χ1) is 10.1. The van der Waals surface area contributed by atoms with Crippen LogP contribution in [0.15, 0.2) is 0 Å². The summed E-state index contributed by atoms with van der Waals surface area (Å²) in [6.07, 6.45) is 5.60. The summed E-state index contributed by atoms with van der Waals surface area (Å²) in [6.45, 7) is 2.56. The molecule has 3 rings (SSSR count). The summed E-state index contributed by atoms with van der Waals surface area (Å²) in [7, 11) is 0. The van der Waals surface area contributed by atoms with E-state index in [2.05, 4.69) is 0 Å². The number of hydrogen-bond acceptors (Lipinski definition) is 3. The molecule has 1 aliphatic carbocycles. The average Bonchev–Trinajstić information content (AvgIpc) is 2.93. The van der Waals surface area contributed by atoms with Gasteiger partial charge in [0.15, 0.2) is 0 Å². The van der Waals surface area contributed by atoms with Crippen LogP contribution in [0.1, 0.15) is 38.5 Å². The third kappa shape index (κ3) is 3.15. The van der Waals surface area contributed by atoms with Crippen molar-refractivity contribution < 1.29 is 19.4 Å². The Labute approximate surface area is 125 Å². The van der Waals surface area contributed by atoms with E-state index in [0.29, 0.717) is 26.2 Å². The topological polar surface area (TPSA) is 70.1 Å². The fraction of sp³-hybridized carbons (Fsp3) is 0.867. The predicted octanol–water partition coefficient (Wildman–Crippen LogP) is 1.55. The predicted molar refractivity (Wildman–Crippen MR) is 76.0 cm³/mol. The van der Waals surface area contributed by atoms with E-state index >= 15 is 0 Å². The number of nitrogens with zero attached hydrogens (tertiary/aromatic N) is 2. The smallest absolute Gasteiger partial charge is 0.320 e. The van der Waals surface area contributed by atoms with E-state index in [-0.39, 0.29) is 30.5 Å². The van der Waals surface area contributed by atoms with Gasteiger partial charge < -0.3 is 19.6 Å². The van der Waals surface area contributed by atoms with E-state index < -0.39 is 5.97 Å². The third-order valence-electron chi connectivity index (χ3n) is 5.00. The Kier molecular flexibility index (Phi) is 4.33. The molecule has 0 aromatic rings. The monoisotopic (exact) mass is 296 g/mol. The van der Waals surface area contributed by atoms with Gasteiger partial charge in [0, 0.05) is 26.1 Å². The minimum Gasteiger partial charge on any atom is -0.481 e. The SMILES string of the molecule is O=C(O)CC1CCN(C(=O)N2CCOC3CCCCC32)C1. The number of carbonyl (C=O) groups excluding carboxylic acids is 1. The van der Waals surface area contributed by atoms with Crippen LogP contribution in [0.2, 0.25) is 0 Å². The number of fused-ring (bicyclic) bond motifs is 1. The quantitative estimate of drug-likeness (QED) is 0.839. The number of hydrogen-bond donors (Lipinski definition) is 1. The molecule has 3 aliphatic rings. The van der Waals surface area contributed by atoms with Gasteiger partial charge in [0.2, 0.25) is 0 Å². The molecule has 1 saturated carbocycles. The number of likely N-dealkylation sites (tertiary alicyclic amines) is 1. The molecule has 0 radical (unpaired) electrons. The molecule has 0 aromatic heterocycles. The molecular weight excluding hydrogens is 272 g/mol. The Morgan fingerprint density at radius 3 is 2.76 bits per heavy atom. The molecule has 3 fully saturated rings. The van der Waals surface area contributed by atoms with E-state index in [0.717, 1.165) is 25.7 Å². The molecule has 2 amide bonds. The summed E-state index contributed by atoms with van der Waals surface area (Å²) in [5, 5.41) is 8.87. The molecule has 3 unspecified atom stereocenters. The first-order valence-corrected chi connectivity index (χ1v) is 8.04. The molecule has 21 heavy (non-hydrogen) atoms. The zero-order valence-corrected chi connectivity index (χ0v) is 12.4. The molecule has 0 aromatic carbocycles. The van der Waals surface area contributed by atoms with E-state index in [4.69, 9.17) is 9.84 Å². The number of aliphatic carboxylic acids is 1. The van der Waals surface area contributed by atoms with Crippen LogP contribution in [0.5, 0.6) is 0 Å². The summed E-state index contributed by atoms with van der Waals surface area (Å²) in [5.74, 6) is -0.664. The Morgan fingerprint density at radius 1 is 1.14 bits per heavy atom. The maximum absolute atomic E-state index is 12.7. The maximum Gasteiger partial charge on any atom is 0.320 e. The van der Waals surface area contributed by atoms with Gasteiger partial charge in [-0.2, -0.15) is 0 Å². The summed E-state index contributed by atoms with van der Waals surface area (Å²) in [6, 6.07) is 0.307. The van der Waals surface area contributed by atoms with Gasteiger partial charge in [0.25, 0.3) is 0 Å². The zero-order chi connectivity index (χ0) is 14.8. The van der Waals surface area contributed by atoms with Gasteiger partial charge in [-0.1, -0.05) is 12.8 Å².